The minimum Gasteiger partial charge on any atom is -0.497 e. The van der Waals surface area contributed by atoms with E-state index >= 15 is 0 Å². The third kappa shape index (κ3) is 7.27. The van der Waals surface area contributed by atoms with E-state index in [0.717, 1.165) is 63.7 Å². The lowest BCUT2D eigenvalue weighted by molar-refractivity contribution is 0.134. The Hall–Kier alpha value is -1.06. The third-order valence-corrected chi connectivity index (χ3v) is 6.25. The van der Waals surface area contributed by atoms with Gasteiger partial charge in [-0.3, -0.25) is 9.89 Å². The summed E-state index contributed by atoms with van der Waals surface area (Å²) in [5.74, 6) is 2.07. The number of methoxy groups -OCH3 is 1. The predicted octanol–water partition coefficient (Wildman–Crippen LogP) is 3.56. The van der Waals surface area contributed by atoms with E-state index in [1.54, 1.807) is 7.11 Å². The molecule has 0 amide bonds. The maximum atomic E-state index is 10.1. The average Bonchev–Trinajstić information content (AvgIpc) is 3.18. The fourth-order valence-electron chi connectivity index (χ4n) is 4.49. The summed E-state index contributed by atoms with van der Waals surface area (Å²) >= 11 is 0. The van der Waals surface area contributed by atoms with Gasteiger partial charge in [-0.25, -0.2) is 0 Å². The van der Waals surface area contributed by atoms with E-state index in [2.05, 4.69) is 34.6 Å². The van der Waals surface area contributed by atoms with Gasteiger partial charge in [0.05, 0.1) is 25.8 Å². The smallest absolute Gasteiger partial charge is 0.191 e. The Kier molecular flexibility index (Phi) is 11.2. The van der Waals surface area contributed by atoms with Gasteiger partial charge in [-0.2, -0.15) is 0 Å². The van der Waals surface area contributed by atoms with Crippen LogP contribution in [0.15, 0.2) is 29.3 Å². The zero-order chi connectivity index (χ0) is 20.5. The highest BCUT2D eigenvalue weighted by Gasteiger charge is 2.25. The van der Waals surface area contributed by atoms with Crippen molar-refractivity contribution in [3.05, 3.63) is 29.8 Å². The number of guanidine groups is 1. The molecule has 1 heterocycles. The van der Waals surface area contributed by atoms with Crippen molar-refractivity contribution in [1.82, 2.24) is 15.5 Å². The molecule has 3 unspecified atom stereocenters. The summed E-state index contributed by atoms with van der Waals surface area (Å²) in [6.07, 6.45) is 6.80. The molecule has 0 bridgehead atoms. The Morgan fingerprint density at radius 2 is 1.87 bits per heavy atom. The molecule has 1 aliphatic heterocycles. The zero-order valence-electron chi connectivity index (χ0n) is 18.5. The molecule has 1 aromatic rings. The lowest BCUT2D eigenvalue weighted by Crippen LogP contribution is -2.42. The summed E-state index contributed by atoms with van der Waals surface area (Å²) in [4.78, 5) is 7.50. The van der Waals surface area contributed by atoms with E-state index in [4.69, 9.17) is 9.73 Å². The highest BCUT2D eigenvalue weighted by molar-refractivity contribution is 14.0. The quantitative estimate of drug-likeness (QED) is 0.273. The topological polar surface area (TPSA) is 69.1 Å². The lowest BCUT2D eigenvalue weighted by Gasteiger charge is -2.34. The monoisotopic (exact) mass is 530 g/mol. The fraction of sp³-hybridized carbons (Fsp3) is 0.696. The second-order valence-electron chi connectivity index (χ2n) is 8.24. The van der Waals surface area contributed by atoms with Crippen molar-refractivity contribution < 1.29 is 9.84 Å². The summed E-state index contributed by atoms with van der Waals surface area (Å²) in [6, 6.07) is 8.70. The number of nitrogens with one attached hydrogen (secondary N) is 2. The number of aliphatic imine (C=N–C) groups is 1. The molecule has 1 saturated heterocycles. The highest BCUT2D eigenvalue weighted by atomic mass is 127. The van der Waals surface area contributed by atoms with Crippen LogP contribution in [0.4, 0.5) is 0 Å². The molecular weight excluding hydrogens is 491 g/mol. The van der Waals surface area contributed by atoms with Crippen molar-refractivity contribution in [3.63, 3.8) is 0 Å². The van der Waals surface area contributed by atoms with Crippen LogP contribution in [0, 0.1) is 5.92 Å². The molecule has 30 heavy (non-hydrogen) atoms. The summed E-state index contributed by atoms with van der Waals surface area (Å²) in [7, 11) is 1.71. The van der Waals surface area contributed by atoms with Gasteiger partial charge in [0.15, 0.2) is 5.96 Å². The van der Waals surface area contributed by atoms with Gasteiger partial charge in [0.25, 0.3) is 0 Å². The number of hydrogen-bond acceptors (Lipinski definition) is 4. The van der Waals surface area contributed by atoms with Crippen LogP contribution in [0.1, 0.15) is 57.1 Å². The van der Waals surface area contributed by atoms with Crippen LogP contribution in [0.2, 0.25) is 0 Å². The van der Waals surface area contributed by atoms with Crippen LogP contribution >= 0.6 is 24.0 Å². The van der Waals surface area contributed by atoms with E-state index in [-0.39, 0.29) is 36.1 Å². The van der Waals surface area contributed by atoms with E-state index in [1.165, 1.54) is 24.8 Å². The first-order chi connectivity index (χ1) is 14.2. The number of halogens is 1. The van der Waals surface area contributed by atoms with Crippen molar-refractivity contribution in [3.8, 4) is 5.75 Å². The number of nitrogens with zero attached hydrogens (tertiary/aromatic N) is 2. The second kappa shape index (κ2) is 13.4. The molecule has 1 aliphatic carbocycles. The van der Waals surface area contributed by atoms with Gasteiger partial charge in [0, 0.05) is 19.0 Å². The molecule has 7 heteroatoms. The van der Waals surface area contributed by atoms with Crippen molar-refractivity contribution in [2.24, 2.45) is 10.9 Å². The van der Waals surface area contributed by atoms with Crippen LogP contribution in [0.3, 0.4) is 0 Å². The van der Waals surface area contributed by atoms with E-state index in [1.807, 2.05) is 12.1 Å². The highest BCUT2D eigenvalue weighted by Crippen LogP contribution is 2.27. The van der Waals surface area contributed by atoms with Gasteiger partial charge < -0.3 is 20.5 Å². The molecule has 6 nitrogen and oxygen atoms in total. The second-order valence-corrected chi connectivity index (χ2v) is 8.24. The number of aliphatic hydroxyl groups excluding tert-OH is 1. The molecular formula is C23H39IN4O2. The van der Waals surface area contributed by atoms with Gasteiger partial charge >= 0.3 is 0 Å². The van der Waals surface area contributed by atoms with E-state index < -0.39 is 0 Å². The molecule has 1 aromatic carbocycles. The normalized spacial score (nSPS) is 23.5. The van der Waals surface area contributed by atoms with Crippen molar-refractivity contribution in [2.45, 2.75) is 57.6 Å². The Morgan fingerprint density at radius 1 is 1.13 bits per heavy atom. The van der Waals surface area contributed by atoms with Crippen LogP contribution in [0.5, 0.6) is 5.75 Å². The van der Waals surface area contributed by atoms with Crippen LogP contribution < -0.4 is 15.4 Å². The van der Waals surface area contributed by atoms with Crippen molar-refractivity contribution in [2.75, 3.05) is 39.8 Å². The molecule has 1 saturated carbocycles. The van der Waals surface area contributed by atoms with E-state index in [9.17, 15) is 5.11 Å². The molecule has 0 radical (unpaired) electrons. The number of aliphatic hydroxyl groups is 1. The molecule has 0 spiro atoms. The molecule has 2 aliphatic rings. The zero-order valence-corrected chi connectivity index (χ0v) is 20.8. The Bertz CT molecular complexity index is 635. The van der Waals surface area contributed by atoms with Crippen molar-refractivity contribution >= 4 is 29.9 Å². The molecule has 3 rings (SSSR count). The Labute approximate surface area is 198 Å². The van der Waals surface area contributed by atoms with Crippen LogP contribution in [-0.4, -0.2) is 61.9 Å². The lowest BCUT2D eigenvalue weighted by atomic mass is 10.0. The number of piperidine rings is 1. The summed E-state index contributed by atoms with van der Waals surface area (Å²) < 4.78 is 5.33. The Morgan fingerprint density at radius 3 is 2.47 bits per heavy atom. The number of hydrogen-bond donors (Lipinski definition) is 3. The summed E-state index contributed by atoms with van der Waals surface area (Å²) in [5.41, 5.74) is 1.29. The molecule has 3 N–H and O–H groups in total. The predicted molar refractivity (Wildman–Crippen MR) is 134 cm³/mol. The van der Waals surface area contributed by atoms with Gasteiger partial charge in [-0.1, -0.05) is 25.0 Å². The number of benzene rings is 1. The molecule has 170 valence electrons. The third-order valence-electron chi connectivity index (χ3n) is 6.25. The fourth-order valence-corrected chi connectivity index (χ4v) is 4.49. The van der Waals surface area contributed by atoms with Crippen molar-refractivity contribution in [1.29, 1.82) is 0 Å². The van der Waals surface area contributed by atoms with Gasteiger partial charge in [0.1, 0.15) is 5.75 Å². The van der Waals surface area contributed by atoms with E-state index in [0.29, 0.717) is 5.92 Å². The first-order valence-electron chi connectivity index (χ1n) is 11.3. The van der Waals surface area contributed by atoms with Gasteiger partial charge in [0.2, 0.25) is 0 Å². The summed E-state index contributed by atoms with van der Waals surface area (Å²) in [6.45, 7) is 6.68. The first-order valence-corrected chi connectivity index (χ1v) is 11.3. The largest absolute Gasteiger partial charge is 0.497 e. The standard InChI is InChI=1S/C23H38N4O2.HI/c1-3-24-23(25-16-19-8-7-9-22(19)28)26-17-21(27-14-5-4-6-15-27)18-10-12-20(29-2)13-11-18;/h10-13,19,21-22,28H,3-9,14-17H2,1-2H3,(H2,24,25,26);1H. The van der Waals surface area contributed by atoms with Gasteiger partial charge in [-0.15, -0.1) is 24.0 Å². The van der Waals surface area contributed by atoms with Gasteiger partial charge in [-0.05, 0) is 63.4 Å². The number of rotatable bonds is 8. The summed E-state index contributed by atoms with van der Waals surface area (Å²) in [5, 5.41) is 16.9. The maximum absolute atomic E-state index is 10.1. The average molecular weight is 530 g/mol. The first kappa shape index (κ1) is 25.2. The minimum absolute atomic E-state index is 0. The number of likely N-dealkylation sites (tertiary alicyclic amines) is 1. The number of ether oxygens (including phenoxy) is 1. The Balaban J connectivity index is 0.00000320. The minimum atomic E-state index is -0.175. The van der Waals surface area contributed by atoms with Crippen LogP contribution in [0.25, 0.3) is 0 Å². The molecule has 3 atom stereocenters. The molecule has 0 aromatic heterocycles. The van der Waals surface area contributed by atoms with Crippen LogP contribution in [-0.2, 0) is 0 Å². The molecule has 2 fully saturated rings. The SMILES string of the molecule is CCNC(=NCC(c1ccc(OC)cc1)N1CCCCC1)NCC1CCCC1O.I. The maximum Gasteiger partial charge on any atom is 0.191 e.